The van der Waals surface area contributed by atoms with Crippen LogP contribution in [0.15, 0.2) is 48.5 Å². The lowest BCUT2D eigenvalue weighted by atomic mass is 9.98. The predicted molar refractivity (Wildman–Crippen MR) is 172 cm³/mol. The van der Waals surface area contributed by atoms with E-state index in [1.54, 1.807) is 0 Å². The van der Waals surface area contributed by atoms with E-state index in [2.05, 4.69) is 34.9 Å². The maximum atomic E-state index is 12.2. The number of carboxylic acid groups (broad SMARTS) is 1. The first-order chi connectivity index (χ1) is 23.1. The van der Waals surface area contributed by atoms with E-state index < -0.39 is 12.1 Å². The van der Waals surface area contributed by atoms with Crippen molar-refractivity contribution in [2.45, 2.75) is 25.2 Å². The molecule has 0 radical (unpaired) electrons. The van der Waals surface area contributed by atoms with Crippen molar-refractivity contribution in [2.75, 3.05) is 99.0 Å². The fourth-order valence-corrected chi connectivity index (χ4v) is 4.79. The molecular formula is C34H48N2O11. The fourth-order valence-electron chi connectivity index (χ4n) is 4.79. The molecule has 0 saturated carbocycles. The monoisotopic (exact) mass is 660 g/mol. The zero-order valence-corrected chi connectivity index (χ0v) is 27.0. The zero-order chi connectivity index (χ0) is 33.4. The summed E-state index contributed by atoms with van der Waals surface area (Å²) in [6.45, 7) is 6.36. The molecule has 13 heteroatoms. The van der Waals surface area contributed by atoms with Crippen LogP contribution in [0.4, 0.5) is 4.79 Å². The second kappa shape index (κ2) is 23.7. The van der Waals surface area contributed by atoms with Crippen LogP contribution in [0.3, 0.4) is 0 Å². The first-order valence-electron chi connectivity index (χ1n) is 16.1. The number of carboxylic acids is 1. The Labute approximate surface area is 276 Å². The van der Waals surface area contributed by atoms with E-state index in [1.807, 2.05) is 24.3 Å². The van der Waals surface area contributed by atoms with Crippen molar-refractivity contribution >= 4 is 18.0 Å². The van der Waals surface area contributed by atoms with Gasteiger partial charge in [0.15, 0.2) is 0 Å². The number of carbonyl (C=O) groups excluding carboxylic acids is 2. The van der Waals surface area contributed by atoms with Gasteiger partial charge >= 0.3 is 12.1 Å². The molecule has 2 aromatic carbocycles. The molecule has 260 valence electrons. The fraction of sp³-hybridized carbons (Fsp3) is 0.559. The van der Waals surface area contributed by atoms with E-state index in [0.29, 0.717) is 98.8 Å². The van der Waals surface area contributed by atoms with Gasteiger partial charge in [0.05, 0.1) is 79.1 Å². The largest absolute Gasteiger partial charge is 0.481 e. The second-order valence-corrected chi connectivity index (χ2v) is 10.5. The molecule has 3 rings (SSSR count). The maximum Gasteiger partial charge on any atom is 0.407 e. The van der Waals surface area contributed by atoms with Gasteiger partial charge in [-0.1, -0.05) is 48.5 Å². The summed E-state index contributed by atoms with van der Waals surface area (Å²) in [7, 11) is 0. The van der Waals surface area contributed by atoms with Gasteiger partial charge in [-0.2, -0.15) is 0 Å². The number of amides is 2. The third kappa shape index (κ3) is 15.7. The Hall–Kier alpha value is -3.59. The van der Waals surface area contributed by atoms with E-state index in [1.165, 1.54) is 22.3 Å². The number of hydrogen-bond donors (Lipinski definition) is 3. The topological polar surface area (TPSA) is 160 Å². The average molecular weight is 661 g/mol. The quantitative estimate of drug-likeness (QED) is 0.121. The Morgan fingerprint density at radius 1 is 0.574 bits per heavy atom. The molecule has 0 fully saturated rings. The van der Waals surface area contributed by atoms with Crippen LogP contribution in [0.25, 0.3) is 11.1 Å². The van der Waals surface area contributed by atoms with Crippen LogP contribution < -0.4 is 10.6 Å². The molecule has 2 amide bonds. The summed E-state index contributed by atoms with van der Waals surface area (Å²) in [5.41, 5.74) is 4.74. The van der Waals surface area contributed by atoms with Crippen molar-refractivity contribution in [3.8, 4) is 11.1 Å². The molecule has 0 spiro atoms. The molecule has 0 heterocycles. The van der Waals surface area contributed by atoms with Crippen molar-refractivity contribution in [1.82, 2.24) is 10.6 Å². The summed E-state index contributed by atoms with van der Waals surface area (Å²) < 4.78 is 38.3. The summed E-state index contributed by atoms with van der Waals surface area (Å²) in [5, 5.41) is 13.9. The number of rotatable bonds is 27. The van der Waals surface area contributed by atoms with Crippen molar-refractivity contribution in [3.63, 3.8) is 0 Å². The average Bonchev–Trinajstić information content (AvgIpc) is 3.40. The molecule has 2 aromatic rings. The molecule has 0 atom stereocenters. The van der Waals surface area contributed by atoms with Gasteiger partial charge in [0, 0.05) is 32.0 Å². The molecule has 0 saturated heterocycles. The van der Waals surface area contributed by atoms with Crippen LogP contribution in [0.1, 0.15) is 36.3 Å². The molecule has 1 aliphatic rings. The van der Waals surface area contributed by atoms with E-state index >= 15 is 0 Å². The first kappa shape index (κ1) is 37.9. The van der Waals surface area contributed by atoms with Crippen molar-refractivity contribution in [3.05, 3.63) is 59.7 Å². The third-order valence-electron chi connectivity index (χ3n) is 7.07. The van der Waals surface area contributed by atoms with Crippen molar-refractivity contribution in [2.24, 2.45) is 0 Å². The van der Waals surface area contributed by atoms with E-state index in [4.69, 9.17) is 38.3 Å². The molecule has 0 unspecified atom stereocenters. The minimum Gasteiger partial charge on any atom is -0.481 e. The lowest BCUT2D eigenvalue weighted by molar-refractivity contribution is -0.138. The molecule has 1 aliphatic carbocycles. The minimum atomic E-state index is -0.986. The molecule has 3 N–H and O–H groups in total. The molecule has 13 nitrogen and oxygen atoms in total. The van der Waals surface area contributed by atoms with Gasteiger partial charge in [-0.25, -0.2) is 4.79 Å². The summed E-state index contributed by atoms with van der Waals surface area (Å²) >= 11 is 0. The number of fused-ring (bicyclic) bond motifs is 3. The van der Waals surface area contributed by atoms with Crippen molar-refractivity contribution in [1.29, 1.82) is 0 Å². The van der Waals surface area contributed by atoms with Crippen LogP contribution in [-0.4, -0.2) is 122 Å². The summed E-state index contributed by atoms with van der Waals surface area (Å²) in [5.74, 6) is -1.23. The summed E-state index contributed by atoms with van der Waals surface area (Å²) in [4.78, 5) is 34.0. The molecule has 0 aromatic heterocycles. The lowest BCUT2D eigenvalue weighted by Crippen LogP contribution is -2.29. The number of nitrogens with one attached hydrogen (secondary N) is 2. The van der Waals surface area contributed by atoms with Gasteiger partial charge in [0.2, 0.25) is 5.91 Å². The molecule has 0 bridgehead atoms. The smallest absolute Gasteiger partial charge is 0.407 e. The van der Waals surface area contributed by atoms with Crippen LogP contribution in [0.5, 0.6) is 0 Å². The number of alkyl carbamates (subject to hydrolysis) is 1. The lowest BCUT2D eigenvalue weighted by Gasteiger charge is -2.14. The zero-order valence-electron chi connectivity index (χ0n) is 27.0. The Morgan fingerprint density at radius 2 is 1.04 bits per heavy atom. The highest BCUT2D eigenvalue weighted by molar-refractivity contribution is 5.80. The summed E-state index contributed by atoms with van der Waals surface area (Å²) in [6, 6.07) is 16.5. The highest BCUT2D eigenvalue weighted by Crippen LogP contribution is 2.44. The van der Waals surface area contributed by atoms with Gasteiger partial charge in [-0.15, -0.1) is 0 Å². The van der Waals surface area contributed by atoms with Gasteiger partial charge in [0.25, 0.3) is 0 Å². The van der Waals surface area contributed by atoms with Gasteiger partial charge in [-0.3, -0.25) is 9.59 Å². The van der Waals surface area contributed by atoms with Gasteiger partial charge in [-0.05, 0) is 28.7 Å². The number of hydrogen-bond acceptors (Lipinski definition) is 10. The number of benzene rings is 2. The Kier molecular flexibility index (Phi) is 19.1. The van der Waals surface area contributed by atoms with Crippen LogP contribution in [0.2, 0.25) is 0 Å². The van der Waals surface area contributed by atoms with E-state index in [-0.39, 0.29) is 31.3 Å². The van der Waals surface area contributed by atoms with Crippen LogP contribution >= 0.6 is 0 Å². The van der Waals surface area contributed by atoms with Gasteiger partial charge in [0.1, 0.15) is 6.61 Å². The van der Waals surface area contributed by atoms with Crippen LogP contribution in [-0.2, 0) is 42.7 Å². The summed E-state index contributed by atoms with van der Waals surface area (Å²) in [6.07, 6.45) is 0.00238. The van der Waals surface area contributed by atoms with Gasteiger partial charge < -0.3 is 48.9 Å². The number of ether oxygens (including phenoxy) is 7. The first-order valence-corrected chi connectivity index (χ1v) is 16.1. The van der Waals surface area contributed by atoms with E-state index in [9.17, 15) is 14.4 Å². The normalized spacial score (nSPS) is 12.0. The Bertz CT molecular complexity index is 1150. The maximum absolute atomic E-state index is 12.2. The minimum absolute atomic E-state index is 0.0141. The van der Waals surface area contributed by atoms with Crippen LogP contribution in [0, 0.1) is 0 Å². The number of aliphatic carboxylic acids is 1. The van der Waals surface area contributed by atoms with Crippen molar-refractivity contribution < 1.29 is 52.6 Å². The SMILES string of the molecule is O=C(O)CCC(=O)NCCCOCCOCCOCCOCCOCCOCCNC(=O)OCC1c2ccccc2-c2ccccc21. The highest BCUT2D eigenvalue weighted by atomic mass is 16.6. The third-order valence-corrected chi connectivity index (χ3v) is 7.07. The molecule has 47 heavy (non-hydrogen) atoms. The highest BCUT2D eigenvalue weighted by Gasteiger charge is 2.28. The Morgan fingerprint density at radius 3 is 1.55 bits per heavy atom. The standard InChI is InChI=1S/C34H48N2O11/c37-32(10-11-33(38)39)35-12-5-14-41-16-18-43-20-22-45-24-25-46-23-21-44-19-17-42-15-13-36-34(40)47-26-31-29-8-3-1-6-27(29)28-7-2-4-9-30(28)31/h1-4,6-9,31H,5,10-26H2,(H,35,37)(H,36,40)(H,38,39). The second-order valence-electron chi connectivity index (χ2n) is 10.5. The Balaban J connectivity index is 1.01. The molecular weight excluding hydrogens is 612 g/mol. The predicted octanol–water partition coefficient (Wildman–Crippen LogP) is 3.00. The number of carbonyl (C=O) groups is 3. The van der Waals surface area contributed by atoms with E-state index in [0.717, 1.165) is 0 Å². The molecule has 0 aliphatic heterocycles.